The van der Waals surface area contributed by atoms with Crippen LogP contribution in [0.25, 0.3) is 0 Å². The van der Waals surface area contributed by atoms with Gasteiger partial charge >= 0.3 is 0 Å². The number of rotatable bonds is 6. The third-order valence-electron chi connectivity index (χ3n) is 4.85. The Morgan fingerprint density at radius 2 is 1.83 bits per heavy atom. The summed E-state index contributed by atoms with van der Waals surface area (Å²) in [7, 11) is 0. The number of fused-ring (bicyclic) bond motifs is 1. The van der Waals surface area contributed by atoms with Crippen molar-refractivity contribution in [3.8, 4) is 11.5 Å². The number of hydrogen-bond acceptors (Lipinski definition) is 3. The van der Waals surface area contributed by atoms with Gasteiger partial charge in [-0.15, -0.1) is 0 Å². The molecule has 1 aliphatic heterocycles. The molecule has 3 heteroatoms. The Morgan fingerprint density at radius 1 is 1.04 bits per heavy atom. The lowest BCUT2D eigenvalue weighted by molar-refractivity contribution is 0.174. The second-order valence-corrected chi connectivity index (χ2v) is 6.63. The van der Waals surface area contributed by atoms with E-state index in [-0.39, 0.29) is 0 Å². The van der Waals surface area contributed by atoms with E-state index in [1.54, 1.807) is 0 Å². The summed E-state index contributed by atoms with van der Waals surface area (Å²) in [6, 6.07) is 17.9. The Bertz CT molecular complexity index is 667. The van der Waals surface area contributed by atoms with E-state index in [1.165, 1.54) is 24.0 Å². The van der Waals surface area contributed by atoms with E-state index in [0.717, 1.165) is 23.8 Å². The first kappa shape index (κ1) is 14.6. The van der Waals surface area contributed by atoms with Crippen LogP contribution in [0.3, 0.4) is 0 Å². The summed E-state index contributed by atoms with van der Waals surface area (Å²) in [5.41, 5.74) is 2.67. The molecule has 0 unspecified atom stereocenters. The fraction of sp³-hybridized carbons (Fsp3) is 0.400. The van der Waals surface area contributed by atoms with Gasteiger partial charge in [-0.25, -0.2) is 0 Å². The highest BCUT2D eigenvalue weighted by molar-refractivity contribution is 5.44. The van der Waals surface area contributed by atoms with Crippen molar-refractivity contribution in [1.82, 2.24) is 5.32 Å². The SMILES string of the molecule is C[C@@H](N[C@H](Cc1ccc2c(c1)OCO2)C1CC1)c1ccccc1. The molecule has 3 nitrogen and oxygen atoms in total. The second-order valence-electron chi connectivity index (χ2n) is 6.63. The van der Waals surface area contributed by atoms with Crippen LogP contribution < -0.4 is 14.8 Å². The van der Waals surface area contributed by atoms with Gasteiger partial charge in [0, 0.05) is 12.1 Å². The summed E-state index contributed by atoms with van der Waals surface area (Å²) in [6.45, 7) is 2.60. The molecule has 1 aliphatic carbocycles. The van der Waals surface area contributed by atoms with Gasteiger partial charge in [-0.1, -0.05) is 36.4 Å². The quantitative estimate of drug-likeness (QED) is 0.872. The van der Waals surface area contributed by atoms with Gasteiger partial charge in [0.15, 0.2) is 11.5 Å². The van der Waals surface area contributed by atoms with Crippen molar-refractivity contribution in [2.45, 2.75) is 38.3 Å². The van der Waals surface area contributed by atoms with Crippen molar-refractivity contribution in [1.29, 1.82) is 0 Å². The van der Waals surface area contributed by atoms with Crippen LogP contribution in [-0.2, 0) is 6.42 Å². The summed E-state index contributed by atoms with van der Waals surface area (Å²) in [4.78, 5) is 0. The Labute approximate surface area is 137 Å². The van der Waals surface area contributed by atoms with Gasteiger partial charge in [-0.05, 0) is 55.4 Å². The summed E-state index contributed by atoms with van der Waals surface area (Å²) in [6.07, 6.45) is 3.71. The van der Waals surface area contributed by atoms with Gasteiger partial charge in [0.1, 0.15) is 0 Å². The van der Waals surface area contributed by atoms with Gasteiger partial charge in [0.2, 0.25) is 6.79 Å². The van der Waals surface area contributed by atoms with Crippen molar-refractivity contribution < 1.29 is 9.47 Å². The number of ether oxygens (including phenoxy) is 2. The molecular weight excluding hydrogens is 286 g/mol. The molecule has 0 spiro atoms. The van der Waals surface area contributed by atoms with E-state index in [4.69, 9.17) is 9.47 Å². The normalized spacial score (nSPS) is 18.7. The lowest BCUT2D eigenvalue weighted by Crippen LogP contribution is -2.35. The minimum absolute atomic E-state index is 0.341. The van der Waals surface area contributed by atoms with Crippen LogP contribution in [0.4, 0.5) is 0 Å². The molecule has 2 aromatic rings. The zero-order valence-corrected chi connectivity index (χ0v) is 13.5. The molecule has 23 heavy (non-hydrogen) atoms. The highest BCUT2D eigenvalue weighted by Gasteiger charge is 2.32. The summed E-state index contributed by atoms with van der Waals surface area (Å²) in [5, 5.41) is 3.84. The topological polar surface area (TPSA) is 30.5 Å². The van der Waals surface area contributed by atoms with Crippen LogP contribution in [0.1, 0.15) is 36.9 Å². The van der Waals surface area contributed by atoms with Gasteiger partial charge in [-0.3, -0.25) is 0 Å². The molecule has 0 saturated heterocycles. The number of hydrogen-bond donors (Lipinski definition) is 1. The van der Waals surface area contributed by atoms with Gasteiger partial charge < -0.3 is 14.8 Å². The molecule has 0 amide bonds. The molecule has 0 aromatic heterocycles. The molecule has 1 N–H and O–H groups in total. The van der Waals surface area contributed by atoms with Crippen molar-refractivity contribution in [2.75, 3.05) is 6.79 Å². The third-order valence-corrected chi connectivity index (χ3v) is 4.85. The zero-order chi connectivity index (χ0) is 15.6. The van der Waals surface area contributed by atoms with Crippen molar-refractivity contribution in [2.24, 2.45) is 5.92 Å². The fourth-order valence-corrected chi connectivity index (χ4v) is 3.34. The van der Waals surface area contributed by atoms with E-state index in [2.05, 4.69) is 54.7 Å². The largest absolute Gasteiger partial charge is 0.454 e. The van der Waals surface area contributed by atoms with Crippen LogP contribution >= 0.6 is 0 Å². The average molecular weight is 309 g/mol. The first-order valence-electron chi connectivity index (χ1n) is 8.49. The maximum atomic E-state index is 5.50. The average Bonchev–Trinajstić information content (AvgIpc) is 3.33. The van der Waals surface area contributed by atoms with Gasteiger partial charge in [-0.2, -0.15) is 0 Å². The lowest BCUT2D eigenvalue weighted by atomic mass is 9.99. The van der Waals surface area contributed by atoms with Crippen LogP contribution in [0, 0.1) is 5.92 Å². The molecular formula is C20H23NO2. The highest BCUT2D eigenvalue weighted by atomic mass is 16.7. The fourth-order valence-electron chi connectivity index (χ4n) is 3.34. The van der Waals surface area contributed by atoms with E-state index in [9.17, 15) is 0 Å². The zero-order valence-electron chi connectivity index (χ0n) is 13.5. The predicted octanol–water partition coefficient (Wildman–Crippen LogP) is 4.09. The first-order chi connectivity index (χ1) is 11.3. The molecule has 2 atom stereocenters. The predicted molar refractivity (Wildman–Crippen MR) is 90.8 cm³/mol. The minimum atomic E-state index is 0.341. The van der Waals surface area contributed by atoms with Gasteiger partial charge in [0.25, 0.3) is 0 Å². The third kappa shape index (κ3) is 3.35. The van der Waals surface area contributed by atoms with Crippen molar-refractivity contribution in [3.63, 3.8) is 0 Å². The van der Waals surface area contributed by atoms with E-state index in [0.29, 0.717) is 18.9 Å². The van der Waals surface area contributed by atoms with Crippen LogP contribution in [0.2, 0.25) is 0 Å². The summed E-state index contributed by atoms with van der Waals surface area (Å²) in [5.74, 6) is 2.54. The standard InChI is InChI=1S/C20H23NO2/c1-14(16-5-3-2-4-6-16)21-18(17-8-9-17)11-15-7-10-19-20(12-15)23-13-22-19/h2-7,10,12,14,17-18,21H,8-9,11,13H2,1H3/t14-,18-/m1/s1. The Balaban J connectivity index is 1.46. The van der Waals surface area contributed by atoms with E-state index >= 15 is 0 Å². The Kier molecular flexibility index (Phi) is 3.96. The van der Waals surface area contributed by atoms with Crippen molar-refractivity contribution in [3.05, 3.63) is 59.7 Å². The molecule has 0 radical (unpaired) electrons. The molecule has 1 fully saturated rings. The van der Waals surface area contributed by atoms with Crippen LogP contribution in [-0.4, -0.2) is 12.8 Å². The molecule has 0 bridgehead atoms. The molecule has 120 valence electrons. The first-order valence-corrected chi connectivity index (χ1v) is 8.49. The van der Waals surface area contributed by atoms with Crippen LogP contribution in [0.15, 0.2) is 48.5 Å². The molecule has 1 heterocycles. The maximum absolute atomic E-state index is 5.50. The smallest absolute Gasteiger partial charge is 0.231 e. The van der Waals surface area contributed by atoms with Gasteiger partial charge in [0.05, 0.1) is 0 Å². The molecule has 2 aliphatic rings. The monoisotopic (exact) mass is 309 g/mol. The molecule has 2 aromatic carbocycles. The highest BCUT2D eigenvalue weighted by Crippen LogP contribution is 2.37. The van der Waals surface area contributed by atoms with Crippen LogP contribution in [0.5, 0.6) is 11.5 Å². The molecule has 1 saturated carbocycles. The van der Waals surface area contributed by atoms with E-state index < -0.39 is 0 Å². The minimum Gasteiger partial charge on any atom is -0.454 e. The lowest BCUT2D eigenvalue weighted by Gasteiger charge is -2.24. The molecule has 4 rings (SSSR count). The summed E-state index contributed by atoms with van der Waals surface area (Å²) < 4.78 is 10.9. The maximum Gasteiger partial charge on any atom is 0.231 e. The number of nitrogens with one attached hydrogen (secondary N) is 1. The summed E-state index contributed by atoms with van der Waals surface area (Å²) >= 11 is 0. The number of benzene rings is 2. The van der Waals surface area contributed by atoms with Crippen molar-refractivity contribution >= 4 is 0 Å². The van der Waals surface area contributed by atoms with E-state index in [1.807, 2.05) is 6.07 Å². The Morgan fingerprint density at radius 3 is 2.61 bits per heavy atom. The second kappa shape index (κ2) is 6.25. The Hall–Kier alpha value is -2.00.